The number of fused-ring (bicyclic) bond motifs is 9. The highest BCUT2D eigenvalue weighted by atomic mass is 15.2. The van der Waals surface area contributed by atoms with Crippen LogP contribution in [-0.2, 0) is 0 Å². The zero-order chi connectivity index (χ0) is 45.4. The molecule has 0 aliphatic heterocycles. The predicted octanol–water partition coefficient (Wildman–Crippen LogP) is 15.2. The van der Waals surface area contributed by atoms with Crippen molar-refractivity contribution in [1.82, 2.24) is 33.6 Å². The Kier molecular flexibility index (Phi) is 8.75. The first kappa shape index (κ1) is 38.8. The summed E-state index contributed by atoms with van der Waals surface area (Å²) < 4.78 is 6.90. The van der Waals surface area contributed by atoms with Gasteiger partial charge in [0.25, 0.3) is 0 Å². The number of pyridine rings is 2. The Morgan fingerprint density at radius 2 is 0.826 bits per heavy atom. The molecule has 0 unspecified atom stereocenters. The quantitative estimate of drug-likeness (QED) is 0.160. The summed E-state index contributed by atoms with van der Waals surface area (Å²) in [5.41, 5.74) is 17.8. The van der Waals surface area contributed by atoms with Crippen molar-refractivity contribution in [1.29, 1.82) is 0 Å². The van der Waals surface area contributed by atoms with E-state index in [1.54, 1.807) is 0 Å². The highest BCUT2D eigenvalue weighted by Crippen LogP contribution is 2.40. The average Bonchev–Trinajstić information content (AvgIpc) is 4.06. The summed E-state index contributed by atoms with van der Waals surface area (Å²) in [6, 6.07) is 77.2. The summed E-state index contributed by atoms with van der Waals surface area (Å²) in [4.78, 5) is 20.3. The third-order valence-corrected chi connectivity index (χ3v) is 13.6. The number of hydrogen-bond acceptors (Lipinski definition) is 4. The van der Waals surface area contributed by atoms with Gasteiger partial charge in [0, 0.05) is 79.2 Å². The number of rotatable bonds is 7. The monoisotopic (exact) mass is 881 g/mol. The number of aromatic nitrogens is 7. The minimum atomic E-state index is 0.619. The van der Waals surface area contributed by atoms with Gasteiger partial charge in [-0.2, -0.15) is 0 Å². The van der Waals surface area contributed by atoms with Crippen molar-refractivity contribution < 1.29 is 0 Å². The van der Waals surface area contributed by atoms with Crippen LogP contribution in [0.15, 0.2) is 237 Å². The minimum Gasteiger partial charge on any atom is -0.309 e. The number of benzene rings is 8. The minimum absolute atomic E-state index is 0.619. The Hall–Kier alpha value is -9.46. The van der Waals surface area contributed by atoms with E-state index >= 15 is 0 Å². The van der Waals surface area contributed by atoms with Crippen LogP contribution in [0.4, 0.5) is 0 Å². The van der Waals surface area contributed by atoms with Gasteiger partial charge in [-0.1, -0.05) is 133 Å². The normalized spacial score (nSPS) is 11.8. The smallest absolute Gasteiger partial charge is 0.235 e. The first-order chi connectivity index (χ1) is 34.2. The molecule has 8 aromatic carbocycles. The second-order valence-corrected chi connectivity index (χ2v) is 17.5. The Morgan fingerprint density at radius 3 is 1.55 bits per heavy atom. The molecule has 0 amide bonds. The SMILES string of the molecule is c1ccc(-c2cc(-c3ccccc3)nc(-n3c4ccccc4c4ccc(-c5cncc(-c6ccc7c(c6)c6ccccc6n7-c6ccc7c(c6)c6ncccc6n7-c6ccccc6)c5)cc43)n2)cc1. The van der Waals surface area contributed by atoms with E-state index in [1.807, 2.05) is 36.8 Å². The van der Waals surface area contributed by atoms with E-state index in [1.165, 1.54) is 10.8 Å². The molecule has 0 spiro atoms. The largest absolute Gasteiger partial charge is 0.309 e. The van der Waals surface area contributed by atoms with Crippen LogP contribution in [0.2, 0.25) is 0 Å². The van der Waals surface area contributed by atoms with Gasteiger partial charge in [-0.3, -0.25) is 14.5 Å². The van der Waals surface area contributed by atoms with Gasteiger partial charge in [-0.25, -0.2) is 9.97 Å². The lowest BCUT2D eigenvalue weighted by molar-refractivity contribution is 0.996. The van der Waals surface area contributed by atoms with Crippen LogP contribution in [-0.4, -0.2) is 33.6 Å². The zero-order valence-electron chi connectivity index (χ0n) is 37.1. The Morgan fingerprint density at radius 1 is 0.290 bits per heavy atom. The highest BCUT2D eigenvalue weighted by molar-refractivity contribution is 6.13. The second kappa shape index (κ2) is 15.6. The van der Waals surface area contributed by atoms with Crippen molar-refractivity contribution in [2.45, 2.75) is 0 Å². The Balaban J connectivity index is 0.889. The predicted molar refractivity (Wildman–Crippen MR) is 282 cm³/mol. The lowest BCUT2D eigenvalue weighted by Crippen LogP contribution is -2.04. The topological polar surface area (TPSA) is 66.3 Å². The van der Waals surface area contributed by atoms with Crippen molar-refractivity contribution in [2.75, 3.05) is 0 Å². The molecule has 0 radical (unpaired) electrons. The molecule has 69 heavy (non-hydrogen) atoms. The number of para-hydroxylation sites is 3. The van der Waals surface area contributed by atoms with Crippen LogP contribution in [0.25, 0.3) is 128 Å². The van der Waals surface area contributed by atoms with Gasteiger partial charge in [0.05, 0.1) is 50.0 Å². The van der Waals surface area contributed by atoms with Crippen molar-refractivity contribution in [3.8, 4) is 62.1 Å². The second-order valence-electron chi connectivity index (χ2n) is 17.5. The summed E-state index contributed by atoms with van der Waals surface area (Å²) in [6.45, 7) is 0. The Labute approximate surface area is 396 Å². The van der Waals surface area contributed by atoms with Gasteiger partial charge in [-0.15, -0.1) is 0 Å². The molecular weight excluding hydrogens is 843 g/mol. The average molecular weight is 882 g/mol. The molecule has 0 saturated heterocycles. The molecule has 0 saturated carbocycles. The summed E-state index contributed by atoms with van der Waals surface area (Å²) in [6.07, 6.45) is 5.81. The molecule has 14 aromatic rings. The van der Waals surface area contributed by atoms with E-state index in [9.17, 15) is 0 Å². The molecule has 7 heteroatoms. The summed E-state index contributed by atoms with van der Waals surface area (Å²) in [5, 5.41) is 5.75. The van der Waals surface area contributed by atoms with E-state index in [2.05, 4.69) is 214 Å². The molecule has 0 atom stereocenters. The Bertz CT molecular complexity index is 4240. The van der Waals surface area contributed by atoms with Gasteiger partial charge < -0.3 is 9.13 Å². The van der Waals surface area contributed by atoms with Crippen LogP contribution in [0.3, 0.4) is 0 Å². The summed E-state index contributed by atoms with van der Waals surface area (Å²) >= 11 is 0. The van der Waals surface area contributed by atoms with Gasteiger partial charge in [0.2, 0.25) is 5.95 Å². The first-order valence-electron chi connectivity index (χ1n) is 23.2. The fourth-order valence-electron chi connectivity index (χ4n) is 10.4. The van der Waals surface area contributed by atoms with Gasteiger partial charge in [0.1, 0.15) is 0 Å². The van der Waals surface area contributed by atoms with E-state index in [0.29, 0.717) is 5.95 Å². The molecule has 14 rings (SSSR count). The van der Waals surface area contributed by atoms with E-state index < -0.39 is 0 Å². The van der Waals surface area contributed by atoms with Crippen molar-refractivity contribution in [2.24, 2.45) is 0 Å². The molecule has 0 aliphatic rings. The first-order valence-corrected chi connectivity index (χ1v) is 23.2. The zero-order valence-corrected chi connectivity index (χ0v) is 37.1. The molecule has 0 bridgehead atoms. The lowest BCUT2D eigenvalue weighted by atomic mass is 9.99. The molecular formula is C62H39N7. The third kappa shape index (κ3) is 6.29. The standard InChI is InChI=1S/C62H39N7/c1-4-15-40(16-5-1)53-37-54(41-17-6-2-7-18-41)66-62(65-53)69-56-24-13-10-21-48(56)50-29-26-43(35-60(50)69)45-33-44(38-63-39-45)42-27-30-57-51(34-42)49-22-11-12-23-55(49)68(57)47-28-31-58-52(36-47)61-59(25-14-32-64-61)67(58)46-19-8-3-9-20-46/h1-39H. The molecule has 6 aromatic heterocycles. The molecule has 322 valence electrons. The fourth-order valence-corrected chi connectivity index (χ4v) is 10.4. The maximum atomic E-state index is 5.27. The van der Waals surface area contributed by atoms with Crippen LogP contribution in [0, 0.1) is 0 Å². The van der Waals surface area contributed by atoms with Crippen molar-refractivity contribution in [3.63, 3.8) is 0 Å². The summed E-state index contributed by atoms with van der Waals surface area (Å²) in [5.74, 6) is 0.619. The number of hydrogen-bond donors (Lipinski definition) is 0. The lowest BCUT2D eigenvalue weighted by Gasteiger charge is -2.12. The van der Waals surface area contributed by atoms with Gasteiger partial charge in [-0.05, 0) is 96.1 Å². The van der Waals surface area contributed by atoms with Crippen molar-refractivity contribution in [3.05, 3.63) is 237 Å². The van der Waals surface area contributed by atoms with Crippen LogP contribution in [0.5, 0.6) is 0 Å². The van der Waals surface area contributed by atoms with Gasteiger partial charge in [0.15, 0.2) is 0 Å². The maximum absolute atomic E-state index is 5.27. The fraction of sp³-hybridized carbons (Fsp3) is 0. The van der Waals surface area contributed by atoms with E-state index in [-0.39, 0.29) is 0 Å². The van der Waals surface area contributed by atoms with Crippen LogP contribution >= 0.6 is 0 Å². The summed E-state index contributed by atoms with van der Waals surface area (Å²) in [7, 11) is 0. The molecule has 0 aliphatic carbocycles. The van der Waals surface area contributed by atoms with E-state index in [4.69, 9.17) is 19.9 Å². The number of nitrogens with zero attached hydrogens (tertiary/aromatic N) is 7. The van der Waals surface area contributed by atoms with Crippen LogP contribution < -0.4 is 0 Å². The molecule has 7 nitrogen and oxygen atoms in total. The van der Waals surface area contributed by atoms with Gasteiger partial charge >= 0.3 is 0 Å². The highest BCUT2D eigenvalue weighted by Gasteiger charge is 2.20. The molecule has 0 fully saturated rings. The molecule has 6 heterocycles. The van der Waals surface area contributed by atoms with Crippen molar-refractivity contribution >= 4 is 65.5 Å². The molecule has 0 N–H and O–H groups in total. The van der Waals surface area contributed by atoms with Crippen LogP contribution in [0.1, 0.15) is 0 Å². The maximum Gasteiger partial charge on any atom is 0.235 e. The van der Waals surface area contributed by atoms with E-state index in [0.717, 1.165) is 111 Å². The third-order valence-electron chi connectivity index (χ3n) is 13.6.